The lowest BCUT2D eigenvalue weighted by Gasteiger charge is -2.21. The van der Waals surface area contributed by atoms with E-state index >= 15 is 0 Å². The quantitative estimate of drug-likeness (QED) is 0.839. The molecule has 0 amide bonds. The third kappa shape index (κ3) is 2.22. The van der Waals surface area contributed by atoms with Crippen LogP contribution in [-0.4, -0.2) is 20.6 Å². The van der Waals surface area contributed by atoms with E-state index in [1.807, 2.05) is 0 Å². The minimum absolute atomic E-state index is 0.560. The van der Waals surface area contributed by atoms with E-state index in [9.17, 15) is 0 Å². The lowest BCUT2D eigenvalue weighted by atomic mass is 9.92. The van der Waals surface area contributed by atoms with Crippen LogP contribution in [-0.2, 0) is 0 Å². The Hall–Kier alpha value is -1.02. The second-order valence-electron chi connectivity index (χ2n) is 4.88. The van der Waals surface area contributed by atoms with Gasteiger partial charge in [0.25, 0.3) is 0 Å². The topological polar surface area (TPSA) is 15.3 Å². The molecule has 2 nitrogen and oxygen atoms in total. The summed E-state index contributed by atoms with van der Waals surface area (Å²) in [5, 5.41) is 3.62. The van der Waals surface area contributed by atoms with E-state index in [0.717, 1.165) is 12.5 Å². The first-order chi connectivity index (χ1) is 7.72. The lowest BCUT2D eigenvalue weighted by Crippen LogP contribution is -2.18. The predicted octanol–water partition coefficient (Wildman–Crippen LogP) is 2.81. The molecule has 0 unspecified atom stereocenters. The number of rotatable bonds is 3. The van der Waals surface area contributed by atoms with Gasteiger partial charge in [0.1, 0.15) is 0 Å². The van der Waals surface area contributed by atoms with Crippen molar-refractivity contribution in [3.8, 4) is 0 Å². The molecular formula is C14H22N2. The molecule has 0 radical (unpaired) electrons. The van der Waals surface area contributed by atoms with Gasteiger partial charge in [0.15, 0.2) is 0 Å². The van der Waals surface area contributed by atoms with Crippen LogP contribution in [0.5, 0.6) is 0 Å². The maximum atomic E-state index is 3.62. The fourth-order valence-electron chi connectivity index (χ4n) is 2.58. The van der Waals surface area contributed by atoms with Crippen LogP contribution in [0.4, 0.5) is 5.69 Å². The number of nitrogens with zero attached hydrogens (tertiary/aromatic N) is 1. The van der Waals surface area contributed by atoms with Gasteiger partial charge in [0, 0.05) is 25.8 Å². The number of anilines is 1. The van der Waals surface area contributed by atoms with Gasteiger partial charge in [-0.15, -0.1) is 0 Å². The molecule has 0 aromatic heterocycles. The number of hydrogen-bond acceptors (Lipinski definition) is 2. The smallest absolute Gasteiger partial charge is 0.0364 e. The molecule has 88 valence electrons. The molecule has 1 fully saturated rings. The fourth-order valence-corrected chi connectivity index (χ4v) is 2.58. The first kappa shape index (κ1) is 11.5. The summed E-state index contributed by atoms with van der Waals surface area (Å²) in [7, 11) is 4.19. The van der Waals surface area contributed by atoms with Gasteiger partial charge >= 0.3 is 0 Å². The van der Waals surface area contributed by atoms with Crippen molar-refractivity contribution in [3.05, 3.63) is 29.8 Å². The van der Waals surface area contributed by atoms with E-state index < -0.39 is 0 Å². The molecule has 1 aliphatic rings. The van der Waals surface area contributed by atoms with Gasteiger partial charge in [-0.1, -0.05) is 25.5 Å². The fraction of sp³-hybridized carbons (Fsp3) is 0.571. The molecule has 1 aromatic rings. The lowest BCUT2D eigenvalue weighted by molar-refractivity contribution is 0.449. The van der Waals surface area contributed by atoms with E-state index in [-0.39, 0.29) is 0 Å². The van der Waals surface area contributed by atoms with E-state index in [1.54, 1.807) is 0 Å². The average Bonchev–Trinajstić information content (AvgIpc) is 2.77. The van der Waals surface area contributed by atoms with Crippen LogP contribution in [0.2, 0.25) is 0 Å². The maximum Gasteiger partial charge on any atom is 0.0364 e. The monoisotopic (exact) mass is 218 g/mol. The molecule has 1 aliphatic heterocycles. The van der Waals surface area contributed by atoms with Crippen LogP contribution in [0.15, 0.2) is 24.3 Å². The Bertz CT molecular complexity index is 346. The number of nitrogens with one attached hydrogen (secondary N) is 1. The summed E-state index contributed by atoms with van der Waals surface area (Å²) in [6.45, 7) is 3.45. The second kappa shape index (κ2) is 4.88. The first-order valence-corrected chi connectivity index (χ1v) is 6.23. The highest BCUT2D eigenvalue weighted by Crippen LogP contribution is 2.32. The van der Waals surface area contributed by atoms with Crippen LogP contribution in [0.25, 0.3) is 0 Å². The summed E-state index contributed by atoms with van der Waals surface area (Å²) in [5.74, 6) is 0.803. The molecule has 0 aliphatic carbocycles. The van der Waals surface area contributed by atoms with Gasteiger partial charge in [-0.3, -0.25) is 0 Å². The Balaban J connectivity index is 2.22. The molecule has 16 heavy (non-hydrogen) atoms. The molecule has 1 heterocycles. The van der Waals surface area contributed by atoms with Crippen LogP contribution in [0.1, 0.15) is 31.4 Å². The molecule has 1 N–H and O–H groups in total. The molecule has 2 atom stereocenters. The number of benzene rings is 1. The zero-order valence-corrected chi connectivity index (χ0v) is 10.5. The zero-order valence-electron chi connectivity index (χ0n) is 10.5. The largest absolute Gasteiger partial charge is 0.378 e. The van der Waals surface area contributed by atoms with Crippen LogP contribution < -0.4 is 10.2 Å². The van der Waals surface area contributed by atoms with Crippen molar-refractivity contribution in [3.63, 3.8) is 0 Å². The number of hydrogen-bond donors (Lipinski definition) is 1. The predicted molar refractivity (Wildman–Crippen MR) is 69.9 cm³/mol. The highest BCUT2D eigenvalue weighted by Gasteiger charge is 2.26. The summed E-state index contributed by atoms with van der Waals surface area (Å²) in [5.41, 5.74) is 2.73. The van der Waals surface area contributed by atoms with Crippen molar-refractivity contribution in [2.24, 2.45) is 5.92 Å². The average molecular weight is 218 g/mol. The molecule has 1 saturated heterocycles. The van der Waals surface area contributed by atoms with Crippen molar-refractivity contribution in [1.82, 2.24) is 5.32 Å². The molecule has 0 spiro atoms. The van der Waals surface area contributed by atoms with Gasteiger partial charge in [-0.2, -0.15) is 0 Å². The molecule has 2 rings (SSSR count). The van der Waals surface area contributed by atoms with Gasteiger partial charge < -0.3 is 10.2 Å². The van der Waals surface area contributed by atoms with E-state index in [0.29, 0.717) is 6.04 Å². The van der Waals surface area contributed by atoms with Crippen LogP contribution >= 0.6 is 0 Å². The van der Waals surface area contributed by atoms with Gasteiger partial charge in [-0.05, 0) is 36.6 Å². The Morgan fingerprint density at radius 1 is 1.38 bits per heavy atom. The molecule has 1 aromatic carbocycles. The van der Waals surface area contributed by atoms with Gasteiger partial charge in [0.2, 0.25) is 0 Å². The standard InChI is InChI=1S/C14H22N2/c1-4-11-8-9-15-14(11)12-6-5-7-13(10-12)16(2)3/h5-7,10-11,14-15H,4,8-9H2,1-3H3/t11-,14+/m1/s1. The summed E-state index contributed by atoms with van der Waals surface area (Å²) >= 11 is 0. The van der Waals surface area contributed by atoms with Crippen LogP contribution in [0, 0.1) is 5.92 Å². The van der Waals surface area contributed by atoms with Crippen molar-refractivity contribution in [2.75, 3.05) is 25.5 Å². The van der Waals surface area contributed by atoms with Gasteiger partial charge in [-0.25, -0.2) is 0 Å². The third-order valence-corrected chi connectivity index (χ3v) is 3.62. The Morgan fingerprint density at radius 3 is 2.88 bits per heavy atom. The van der Waals surface area contributed by atoms with Gasteiger partial charge in [0.05, 0.1) is 0 Å². The summed E-state index contributed by atoms with van der Waals surface area (Å²) in [4.78, 5) is 2.17. The Morgan fingerprint density at radius 2 is 2.19 bits per heavy atom. The summed E-state index contributed by atoms with van der Waals surface area (Å²) < 4.78 is 0. The van der Waals surface area contributed by atoms with E-state index in [2.05, 4.69) is 55.5 Å². The summed E-state index contributed by atoms with van der Waals surface area (Å²) in [6.07, 6.45) is 2.58. The SMILES string of the molecule is CC[C@@H]1CCN[C@@H]1c1cccc(N(C)C)c1. The zero-order chi connectivity index (χ0) is 11.5. The first-order valence-electron chi connectivity index (χ1n) is 6.23. The van der Waals surface area contributed by atoms with Crippen molar-refractivity contribution in [1.29, 1.82) is 0 Å². The van der Waals surface area contributed by atoms with Crippen molar-refractivity contribution in [2.45, 2.75) is 25.8 Å². The van der Waals surface area contributed by atoms with Crippen molar-refractivity contribution < 1.29 is 0 Å². The molecular weight excluding hydrogens is 196 g/mol. The van der Waals surface area contributed by atoms with Crippen LogP contribution in [0.3, 0.4) is 0 Å². The highest BCUT2D eigenvalue weighted by molar-refractivity contribution is 5.48. The highest BCUT2D eigenvalue weighted by atomic mass is 15.1. The third-order valence-electron chi connectivity index (χ3n) is 3.62. The molecule has 0 saturated carbocycles. The minimum Gasteiger partial charge on any atom is -0.378 e. The maximum absolute atomic E-state index is 3.62. The molecule has 0 bridgehead atoms. The minimum atomic E-state index is 0.560. The normalized spacial score (nSPS) is 24.7. The van der Waals surface area contributed by atoms with Crippen molar-refractivity contribution >= 4 is 5.69 Å². The Kier molecular flexibility index (Phi) is 3.49. The molecule has 2 heteroatoms. The van der Waals surface area contributed by atoms with E-state index in [1.165, 1.54) is 24.1 Å². The van der Waals surface area contributed by atoms with E-state index in [4.69, 9.17) is 0 Å². The second-order valence-corrected chi connectivity index (χ2v) is 4.88. The summed E-state index contributed by atoms with van der Waals surface area (Å²) in [6, 6.07) is 9.45. The Labute approximate surface area is 98.7 Å².